The summed E-state index contributed by atoms with van der Waals surface area (Å²) in [6, 6.07) is 19.8. The van der Waals surface area contributed by atoms with Crippen molar-refractivity contribution in [1.29, 1.82) is 0 Å². The fraction of sp³-hybridized carbons (Fsp3) is 0.120. The number of rotatable bonds is 5. The molecule has 1 heterocycles. The van der Waals surface area contributed by atoms with E-state index in [4.69, 9.17) is 16.3 Å². The Morgan fingerprint density at radius 2 is 1.61 bits per heavy atom. The fourth-order valence-electron chi connectivity index (χ4n) is 3.69. The zero-order valence-electron chi connectivity index (χ0n) is 17.4. The minimum absolute atomic E-state index is 0.182. The van der Waals surface area contributed by atoms with Crippen LogP contribution in [0, 0.1) is 13.8 Å². The number of amides is 2. The zero-order chi connectivity index (χ0) is 22.1. The zero-order valence-corrected chi connectivity index (χ0v) is 18.2. The van der Waals surface area contributed by atoms with Crippen LogP contribution in [-0.4, -0.2) is 18.9 Å². The Morgan fingerprint density at radius 3 is 2.32 bits per heavy atom. The molecule has 0 atom stereocenters. The Kier molecular flexibility index (Phi) is 5.53. The smallest absolute Gasteiger partial charge is 0.282 e. The number of aryl methyl sites for hydroxylation is 2. The number of para-hydroxylation sites is 2. The molecule has 3 aromatic rings. The van der Waals surface area contributed by atoms with Crippen molar-refractivity contribution < 1.29 is 14.3 Å². The Balaban J connectivity index is 1.90. The van der Waals surface area contributed by atoms with Crippen LogP contribution >= 0.6 is 11.6 Å². The van der Waals surface area contributed by atoms with Gasteiger partial charge >= 0.3 is 0 Å². The number of nitrogens with zero attached hydrogens (tertiary/aromatic N) is 1. The monoisotopic (exact) mass is 432 g/mol. The Bertz CT molecular complexity index is 1230. The summed E-state index contributed by atoms with van der Waals surface area (Å²) in [7, 11) is 1.53. The van der Waals surface area contributed by atoms with Crippen LogP contribution in [-0.2, 0) is 9.59 Å². The molecule has 1 aliphatic rings. The van der Waals surface area contributed by atoms with Gasteiger partial charge < -0.3 is 10.1 Å². The van der Waals surface area contributed by atoms with Gasteiger partial charge in [0.2, 0.25) is 0 Å². The first-order chi connectivity index (χ1) is 14.9. The molecule has 2 amide bonds. The van der Waals surface area contributed by atoms with Gasteiger partial charge in [-0.15, -0.1) is 0 Å². The van der Waals surface area contributed by atoms with E-state index in [0.29, 0.717) is 22.0 Å². The highest BCUT2D eigenvalue weighted by atomic mass is 35.5. The average Bonchev–Trinajstić information content (AvgIpc) is 3.00. The van der Waals surface area contributed by atoms with Gasteiger partial charge in [0.15, 0.2) is 0 Å². The van der Waals surface area contributed by atoms with Crippen molar-refractivity contribution in [3.05, 3.63) is 94.1 Å². The minimum Gasteiger partial charge on any atom is -0.496 e. The third-order valence-electron chi connectivity index (χ3n) is 5.20. The van der Waals surface area contributed by atoms with Crippen molar-refractivity contribution in [2.24, 2.45) is 0 Å². The molecule has 0 saturated carbocycles. The van der Waals surface area contributed by atoms with Crippen molar-refractivity contribution in [2.75, 3.05) is 17.3 Å². The lowest BCUT2D eigenvalue weighted by Crippen LogP contribution is -2.32. The normalized spacial score (nSPS) is 13.7. The second-order valence-electron chi connectivity index (χ2n) is 7.29. The number of imide groups is 1. The Morgan fingerprint density at radius 1 is 0.903 bits per heavy atom. The van der Waals surface area contributed by atoms with Gasteiger partial charge in [-0.2, -0.15) is 0 Å². The molecule has 1 N–H and O–H groups in total. The summed E-state index contributed by atoms with van der Waals surface area (Å²) in [5.74, 6) is -0.437. The largest absolute Gasteiger partial charge is 0.496 e. The van der Waals surface area contributed by atoms with Gasteiger partial charge in [-0.25, -0.2) is 4.90 Å². The molecule has 0 spiro atoms. The molecular formula is C25H21ClN2O3. The Labute approximate surface area is 185 Å². The predicted molar refractivity (Wildman–Crippen MR) is 123 cm³/mol. The summed E-state index contributed by atoms with van der Waals surface area (Å²) in [6.07, 6.45) is 0. The summed E-state index contributed by atoms with van der Waals surface area (Å²) in [5, 5.41) is 3.52. The standard InChI is InChI=1S/C25H21ClN2O3/c1-15-12-13-19(16(2)14-15)27-23-22(17-8-4-7-11-21(17)31-3)24(29)28(25(23)30)20-10-6-5-9-18(20)26/h4-14,27H,1-3H3. The van der Waals surface area contributed by atoms with Crippen LogP contribution in [0.25, 0.3) is 5.57 Å². The van der Waals surface area contributed by atoms with E-state index in [1.807, 2.05) is 38.1 Å². The lowest BCUT2D eigenvalue weighted by atomic mass is 10.0. The molecule has 0 aliphatic carbocycles. The molecule has 5 nitrogen and oxygen atoms in total. The van der Waals surface area contributed by atoms with Crippen LogP contribution in [0.3, 0.4) is 0 Å². The summed E-state index contributed by atoms with van der Waals surface area (Å²) in [4.78, 5) is 28.2. The van der Waals surface area contributed by atoms with Crippen LogP contribution in [0.4, 0.5) is 11.4 Å². The van der Waals surface area contributed by atoms with Crippen molar-refractivity contribution in [2.45, 2.75) is 13.8 Å². The molecule has 1 aliphatic heterocycles. The van der Waals surface area contributed by atoms with Gasteiger partial charge in [-0.1, -0.05) is 59.6 Å². The van der Waals surface area contributed by atoms with E-state index in [9.17, 15) is 9.59 Å². The molecule has 0 radical (unpaired) electrons. The number of hydrogen-bond acceptors (Lipinski definition) is 4. The number of methoxy groups -OCH3 is 1. The molecule has 156 valence electrons. The summed E-state index contributed by atoms with van der Waals surface area (Å²) in [5.41, 5.74) is 4.10. The van der Waals surface area contributed by atoms with Crippen molar-refractivity contribution in [3.63, 3.8) is 0 Å². The van der Waals surface area contributed by atoms with E-state index in [-0.39, 0.29) is 11.3 Å². The predicted octanol–water partition coefficient (Wildman–Crippen LogP) is 5.36. The van der Waals surface area contributed by atoms with Crippen LogP contribution in [0.1, 0.15) is 16.7 Å². The summed E-state index contributed by atoms with van der Waals surface area (Å²) in [6.45, 7) is 3.95. The van der Waals surface area contributed by atoms with E-state index >= 15 is 0 Å². The quantitative estimate of drug-likeness (QED) is 0.551. The third kappa shape index (κ3) is 3.68. The lowest BCUT2D eigenvalue weighted by Gasteiger charge is -2.17. The van der Waals surface area contributed by atoms with E-state index < -0.39 is 11.8 Å². The van der Waals surface area contributed by atoms with E-state index in [2.05, 4.69) is 5.32 Å². The first kappa shape index (κ1) is 20.7. The van der Waals surface area contributed by atoms with E-state index in [0.717, 1.165) is 21.7 Å². The molecule has 6 heteroatoms. The highest BCUT2D eigenvalue weighted by Crippen LogP contribution is 2.39. The summed E-state index contributed by atoms with van der Waals surface area (Å²) < 4.78 is 5.47. The number of carbonyl (C=O) groups excluding carboxylic acids is 2. The fourth-order valence-corrected chi connectivity index (χ4v) is 3.91. The van der Waals surface area contributed by atoms with Crippen LogP contribution in [0.5, 0.6) is 5.75 Å². The molecule has 0 saturated heterocycles. The average molecular weight is 433 g/mol. The molecule has 0 bridgehead atoms. The van der Waals surface area contributed by atoms with Gasteiger partial charge in [-0.3, -0.25) is 9.59 Å². The molecule has 3 aromatic carbocycles. The van der Waals surface area contributed by atoms with Gasteiger partial charge in [-0.05, 0) is 43.7 Å². The highest BCUT2D eigenvalue weighted by molar-refractivity contribution is 6.48. The van der Waals surface area contributed by atoms with Gasteiger partial charge in [0.25, 0.3) is 11.8 Å². The topological polar surface area (TPSA) is 58.6 Å². The van der Waals surface area contributed by atoms with Gasteiger partial charge in [0, 0.05) is 11.3 Å². The van der Waals surface area contributed by atoms with E-state index in [1.165, 1.54) is 7.11 Å². The molecule has 31 heavy (non-hydrogen) atoms. The van der Waals surface area contributed by atoms with Crippen molar-refractivity contribution in [1.82, 2.24) is 0 Å². The maximum Gasteiger partial charge on any atom is 0.282 e. The number of ether oxygens (including phenoxy) is 1. The number of anilines is 2. The molecular weight excluding hydrogens is 412 g/mol. The molecule has 0 aromatic heterocycles. The first-order valence-electron chi connectivity index (χ1n) is 9.77. The van der Waals surface area contributed by atoms with E-state index in [1.54, 1.807) is 42.5 Å². The lowest BCUT2D eigenvalue weighted by molar-refractivity contribution is -0.120. The van der Waals surface area contributed by atoms with Crippen LogP contribution in [0.15, 0.2) is 72.4 Å². The molecule has 0 unspecified atom stereocenters. The molecule has 4 rings (SSSR count). The maximum atomic E-state index is 13.6. The van der Waals surface area contributed by atoms with Crippen LogP contribution < -0.4 is 15.0 Å². The minimum atomic E-state index is -0.473. The van der Waals surface area contributed by atoms with Crippen molar-refractivity contribution >= 4 is 40.4 Å². The number of carbonyl (C=O) groups is 2. The van der Waals surface area contributed by atoms with Gasteiger partial charge in [0.1, 0.15) is 11.4 Å². The number of nitrogens with one attached hydrogen (secondary N) is 1. The third-order valence-corrected chi connectivity index (χ3v) is 5.51. The number of hydrogen-bond donors (Lipinski definition) is 1. The van der Waals surface area contributed by atoms with Crippen LogP contribution in [0.2, 0.25) is 5.02 Å². The second kappa shape index (κ2) is 8.28. The Hall–Kier alpha value is -3.57. The molecule has 0 fully saturated rings. The number of benzene rings is 3. The van der Waals surface area contributed by atoms with Crippen molar-refractivity contribution in [3.8, 4) is 5.75 Å². The SMILES string of the molecule is COc1ccccc1C1=C(Nc2ccc(C)cc2C)C(=O)N(c2ccccc2Cl)C1=O. The second-order valence-corrected chi connectivity index (χ2v) is 7.70. The van der Waals surface area contributed by atoms with Gasteiger partial charge in [0.05, 0.1) is 23.4 Å². The summed E-state index contributed by atoms with van der Waals surface area (Å²) >= 11 is 6.33. The highest BCUT2D eigenvalue weighted by Gasteiger charge is 2.42. The number of halogens is 1. The first-order valence-corrected chi connectivity index (χ1v) is 10.2. The maximum absolute atomic E-state index is 13.6.